The van der Waals surface area contributed by atoms with E-state index in [4.69, 9.17) is 0 Å². The van der Waals surface area contributed by atoms with Crippen molar-refractivity contribution in [2.75, 3.05) is 5.32 Å². The Bertz CT molecular complexity index is 1280. The van der Waals surface area contributed by atoms with E-state index in [1.165, 1.54) is 36.4 Å². The highest BCUT2D eigenvalue weighted by molar-refractivity contribution is 14.1. The largest absolute Gasteiger partial charge is 0.573 e. The van der Waals surface area contributed by atoms with Crippen LogP contribution in [0.1, 0.15) is 33.6 Å². The first-order chi connectivity index (χ1) is 16.5. The fraction of sp³-hybridized carbons (Fsp3) is 0.125. The first-order valence-electron chi connectivity index (χ1n) is 10.1. The minimum atomic E-state index is -4.91. The molecule has 35 heavy (non-hydrogen) atoms. The van der Waals surface area contributed by atoms with Gasteiger partial charge >= 0.3 is 12.3 Å². The van der Waals surface area contributed by atoms with Crippen molar-refractivity contribution < 1.29 is 37.4 Å². The van der Waals surface area contributed by atoms with Crippen LogP contribution < -0.4 is 10.1 Å². The standard InChI is InChI=1S/C24H16F3IN2O5/c25-24(26,27)35-16-9-6-14(7-10-16)19-21(31)29-18-11-8-15(28)12-17(18)22(32)30(19)20(23(33)34)13-4-2-1-3-5-13/h1-12,19-20H,(H,29,31)(H,33,34). The molecule has 0 saturated carbocycles. The van der Waals surface area contributed by atoms with Gasteiger partial charge in [-0.2, -0.15) is 0 Å². The minimum absolute atomic E-state index is 0.0898. The number of ether oxygens (including phenoxy) is 1. The third-order valence-corrected chi connectivity index (χ3v) is 5.96. The summed E-state index contributed by atoms with van der Waals surface area (Å²) in [5.41, 5.74) is 0.640. The van der Waals surface area contributed by atoms with Crippen molar-refractivity contribution in [1.29, 1.82) is 0 Å². The summed E-state index contributed by atoms with van der Waals surface area (Å²) in [7, 11) is 0. The Morgan fingerprint density at radius 3 is 2.29 bits per heavy atom. The maximum Gasteiger partial charge on any atom is 0.573 e. The van der Waals surface area contributed by atoms with Gasteiger partial charge in [0.1, 0.15) is 11.8 Å². The van der Waals surface area contributed by atoms with Gasteiger partial charge in [-0.3, -0.25) is 9.59 Å². The van der Waals surface area contributed by atoms with E-state index in [0.717, 1.165) is 17.0 Å². The number of halogens is 4. The third-order valence-electron chi connectivity index (χ3n) is 5.29. The molecule has 3 aromatic rings. The van der Waals surface area contributed by atoms with Crippen LogP contribution in [-0.2, 0) is 9.59 Å². The molecule has 0 fully saturated rings. The van der Waals surface area contributed by atoms with E-state index in [-0.39, 0.29) is 22.4 Å². The summed E-state index contributed by atoms with van der Waals surface area (Å²) in [5.74, 6) is -3.35. The molecule has 2 amide bonds. The van der Waals surface area contributed by atoms with Crippen molar-refractivity contribution >= 4 is 46.1 Å². The fourth-order valence-corrected chi connectivity index (χ4v) is 4.36. The predicted octanol–water partition coefficient (Wildman–Crippen LogP) is 5.15. The number of alkyl halides is 3. The molecule has 0 spiro atoms. The van der Waals surface area contributed by atoms with Crippen molar-refractivity contribution in [1.82, 2.24) is 4.90 Å². The van der Waals surface area contributed by atoms with Gasteiger partial charge in [-0.1, -0.05) is 42.5 Å². The van der Waals surface area contributed by atoms with Crippen LogP contribution in [0.3, 0.4) is 0 Å². The first-order valence-corrected chi connectivity index (χ1v) is 11.2. The van der Waals surface area contributed by atoms with Gasteiger partial charge in [0.2, 0.25) is 0 Å². The summed E-state index contributed by atoms with van der Waals surface area (Å²) in [5, 5.41) is 12.8. The van der Waals surface area contributed by atoms with Crippen LogP contribution >= 0.6 is 22.6 Å². The lowest BCUT2D eigenvalue weighted by atomic mass is 9.97. The molecule has 7 nitrogen and oxygen atoms in total. The van der Waals surface area contributed by atoms with E-state index in [0.29, 0.717) is 3.57 Å². The lowest BCUT2D eigenvalue weighted by molar-refractivity contribution is -0.274. The molecule has 1 aliphatic rings. The van der Waals surface area contributed by atoms with Crippen LogP contribution in [0, 0.1) is 3.57 Å². The Balaban J connectivity index is 1.88. The van der Waals surface area contributed by atoms with Crippen LogP contribution in [0.5, 0.6) is 5.75 Å². The first kappa shape index (κ1) is 24.5. The molecule has 0 aliphatic carbocycles. The molecule has 3 aromatic carbocycles. The van der Waals surface area contributed by atoms with Crippen molar-refractivity contribution in [3.8, 4) is 5.75 Å². The minimum Gasteiger partial charge on any atom is -0.479 e. The Labute approximate surface area is 210 Å². The topological polar surface area (TPSA) is 95.9 Å². The van der Waals surface area contributed by atoms with Crippen LogP contribution in [0.25, 0.3) is 0 Å². The molecule has 2 N–H and O–H groups in total. The second-order valence-corrected chi connectivity index (χ2v) is 8.81. The van der Waals surface area contributed by atoms with E-state index >= 15 is 0 Å². The smallest absolute Gasteiger partial charge is 0.479 e. The predicted molar refractivity (Wildman–Crippen MR) is 127 cm³/mol. The second kappa shape index (κ2) is 9.56. The van der Waals surface area contributed by atoms with Gasteiger partial charge < -0.3 is 20.1 Å². The molecular weight excluding hydrogens is 580 g/mol. The van der Waals surface area contributed by atoms with Gasteiger partial charge in [-0.15, -0.1) is 13.2 Å². The molecule has 2 atom stereocenters. The van der Waals surface area contributed by atoms with Gasteiger partial charge in [0.25, 0.3) is 11.8 Å². The molecule has 2 unspecified atom stereocenters. The third kappa shape index (κ3) is 5.24. The Morgan fingerprint density at radius 1 is 1.03 bits per heavy atom. The zero-order valence-corrected chi connectivity index (χ0v) is 19.8. The number of fused-ring (bicyclic) bond motifs is 1. The number of rotatable bonds is 5. The van der Waals surface area contributed by atoms with Crippen molar-refractivity contribution in [3.05, 3.63) is 93.1 Å². The molecule has 0 saturated heterocycles. The average Bonchev–Trinajstić information content (AvgIpc) is 2.89. The van der Waals surface area contributed by atoms with E-state index in [1.807, 2.05) is 22.6 Å². The summed E-state index contributed by atoms with van der Waals surface area (Å²) in [6.07, 6.45) is -4.91. The Hall–Kier alpha value is -3.61. The van der Waals surface area contributed by atoms with Crippen LogP contribution in [0.2, 0.25) is 0 Å². The molecular formula is C24H16F3IN2O5. The maximum absolute atomic E-state index is 13.8. The van der Waals surface area contributed by atoms with E-state index in [9.17, 15) is 32.7 Å². The second-order valence-electron chi connectivity index (χ2n) is 7.56. The molecule has 0 bridgehead atoms. The molecule has 1 aliphatic heterocycles. The number of amides is 2. The number of carbonyl (C=O) groups excluding carboxylic acids is 2. The fourth-order valence-electron chi connectivity index (χ4n) is 3.87. The van der Waals surface area contributed by atoms with E-state index < -0.39 is 42.0 Å². The molecule has 11 heteroatoms. The number of hydrogen-bond donors (Lipinski definition) is 2. The molecule has 0 radical (unpaired) electrons. The van der Waals surface area contributed by atoms with E-state index in [1.54, 1.807) is 24.3 Å². The summed E-state index contributed by atoms with van der Waals surface area (Å²) in [6.45, 7) is 0. The van der Waals surface area contributed by atoms with Crippen molar-refractivity contribution in [2.45, 2.75) is 18.4 Å². The van der Waals surface area contributed by atoms with Crippen LogP contribution in [0.4, 0.5) is 18.9 Å². The SMILES string of the molecule is O=C(O)C(c1ccccc1)N1C(=O)c2cc(I)ccc2NC(=O)C1c1ccc(OC(F)(F)F)cc1. The monoisotopic (exact) mass is 596 g/mol. The van der Waals surface area contributed by atoms with Crippen molar-refractivity contribution in [3.63, 3.8) is 0 Å². The van der Waals surface area contributed by atoms with Gasteiger partial charge in [0, 0.05) is 3.57 Å². The van der Waals surface area contributed by atoms with Crippen molar-refractivity contribution in [2.24, 2.45) is 0 Å². The molecule has 4 rings (SSSR count). The number of nitrogens with one attached hydrogen (secondary N) is 1. The molecule has 0 aromatic heterocycles. The number of nitrogens with zero attached hydrogens (tertiary/aromatic N) is 1. The number of carboxylic acids is 1. The van der Waals surface area contributed by atoms with Gasteiger partial charge in [0.05, 0.1) is 11.3 Å². The number of aliphatic carboxylic acids is 1. The zero-order valence-electron chi connectivity index (χ0n) is 17.6. The lowest BCUT2D eigenvalue weighted by Crippen LogP contribution is -2.44. The molecule has 180 valence electrons. The number of carboxylic acid groups (broad SMARTS) is 1. The quantitative estimate of drug-likeness (QED) is 0.398. The number of carbonyl (C=O) groups is 3. The average molecular weight is 596 g/mol. The summed E-state index contributed by atoms with van der Waals surface area (Å²) >= 11 is 1.99. The molecule has 1 heterocycles. The van der Waals surface area contributed by atoms with Gasteiger partial charge in [-0.05, 0) is 64.0 Å². The number of benzene rings is 3. The maximum atomic E-state index is 13.8. The van der Waals surface area contributed by atoms with Gasteiger partial charge in [-0.25, -0.2) is 4.79 Å². The zero-order chi connectivity index (χ0) is 25.3. The summed E-state index contributed by atoms with van der Waals surface area (Å²) in [6, 6.07) is 14.0. The lowest BCUT2D eigenvalue weighted by Gasteiger charge is -2.34. The normalized spacial score (nSPS) is 16.7. The van der Waals surface area contributed by atoms with Gasteiger partial charge in [0.15, 0.2) is 6.04 Å². The Morgan fingerprint density at radius 2 is 1.69 bits per heavy atom. The number of anilines is 1. The highest BCUT2D eigenvalue weighted by Crippen LogP contribution is 2.38. The Kier molecular flexibility index (Phi) is 6.70. The van der Waals surface area contributed by atoms with E-state index in [2.05, 4.69) is 10.1 Å². The van der Waals surface area contributed by atoms with Crippen LogP contribution in [0.15, 0.2) is 72.8 Å². The highest BCUT2D eigenvalue weighted by Gasteiger charge is 2.44. The summed E-state index contributed by atoms with van der Waals surface area (Å²) < 4.78 is 42.3. The highest BCUT2D eigenvalue weighted by atomic mass is 127. The van der Waals surface area contributed by atoms with Crippen LogP contribution in [-0.4, -0.2) is 34.2 Å². The summed E-state index contributed by atoms with van der Waals surface area (Å²) in [4.78, 5) is 40.6. The number of hydrogen-bond acceptors (Lipinski definition) is 4.